The summed E-state index contributed by atoms with van der Waals surface area (Å²) in [5, 5.41) is 9.97. The van der Waals surface area contributed by atoms with Gasteiger partial charge in [0.25, 0.3) is 0 Å². The van der Waals surface area contributed by atoms with Gasteiger partial charge in [-0.15, -0.1) is 0 Å². The van der Waals surface area contributed by atoms with Gasteiger partial charge in [0, 0.05) is 29.3 Å². The quantitative estimate of drug-likeness (QED) is 0.523. The van der Waals surface area contributed by atoms with Gasteiger partial charge >= 0.3 is 0 Å². The van der Waals surface area contributed by atoms with E-state index in [9.17, 15) is 5.26 Å². The minimum atomic E-state index is -0.703. The van der Waals surface area contributed by atoms with Crippen LogP contribution in [0.2, 0.25) is 0 Å². The predicted molar refractivity (Wildman–Crippen MR) is 129 cm³/mol. The molecule has 3 rings (SSSR count). The molecule has 0 bridgehead atoms. The highest BCUT2D eigenvalue weighted by atomic mass is 19.1. The molecule has 1 aromatic rings. The first-order valence-corrected chi connectivity index (χ1v) is 11.1. The molecule has 0 spiro atoms. The van der Waals surface area contributed by atoms with Crippen molar-refractivity contribution < 1.29 is 13.5 Å². The van der Waals surface area contributed by atoms with Gasteiger partial charge in [0.05, 0.1) is 11.8 Å². The number of aliphatic imine (C=N–C) groups is 1. The normalized spacial score (nSPS) is 22.8. The van der Waals surface area contributed by atoms with Gasteiger partial charge in [-0.2, -0.15) is 5.26 Å². The third-order valence-corrected chi connectivity index (χ3v) is 5.97. The van der Waals surface area contributed by atoms with E-state index in [0.29, 0.717) is 12.0 Å². The van der Waals surface area contributed by atoms with Crippen molar-refractivity contribution in [2.75, 3.05) is 0 Å². The summed E-state index contributed by atoms with van der Waals surface area (Å²) in [6.07, 6.45) is 12.0. The number of benzene rings is 1. The zero-order valence-electron chi connectivity index (χ0n) is 19.2. The topological polar surface area (TPSA) is 71.4 Å². The van der Waals surface area contributed by atoms with Crippen molar-refractivity contribution in [2.24, 2.45) is 16.6 Å². The van der Waals surface area contributed by atoms with Crippen LogP contribution < -0.4 is 10.5 Å². The molecule has 3 unspecified atom stereocenters. The fourth-order valence-electron chi connectivity index (χ4n) is 4.13. The van der Waals surface area contributed by atoms with Crippen LogP contribution in [0.4, 0.5) is 8.78 Å². The molecule has 2 N–H and O–H groups in total. The van der Waals surface area contributed by atoms with Gasteiger partial charge in [0.15, 0.2) is 11.6 Å². The Morgan fingerprint density at radius 1 is 1.33 bits per heavy atom. The molecule has 0 aromatic heterocycles. The monoisotopic (exact) mass is 449 g/mol. The van der Waals surface area contributed by atoms with Crippen LogP contribution in [0.3, 0.4) is 0 Å². The highest BCUT2D eigenvalue weighted by molar-refractivity contribution is 6.08. The van der Waals surface area contributed by atoms with Crippen LogP contribution in [0, 0.1) is 28.9 Å². The molecular weight excluding hydrogens is 420 g/mol. The third-order valence-electron chi connectivity index (χ3n) is 5.97. The van der Waals surface area contributed by atoms with Crippen LogP contribution in [0.5, 0.6) is 5.75 Å². The molecule has 0 saturated heterocycles. The van der Waals surface area contributed by atoms with E-state index in [4.69, 9.17) is 10.5 Å². The summed E-state index contributed by atoms with van der Waals surface area (Å²) in [6, 6.07) is 2.50. The van der Waals surface area contributed by atoms with E-state index < -0.39 is 17.7 Å². The zero-order chi connectivity index (χ0) is 24.1. The molecule has 0 radical (unpaired) electrons. The maximum Gasteiger partial charge on any atom is 0.173 e. The van der Waals surface area contributed by atoms with Gasteiger partial charge in [-0.25, -0.2) is 8.78 Å². The average molecular weight is 450 g/mol. The van der Waals surface area contributed by atoms with Crippen molar-refractivity contribution in [1.29, 1.82) is 5.26 Å². The fraction of sp³-hybridized carbons (Fsp3) is 0.333. The standard InChI is InChI=1S/C27H29F2N3O/c1-5-6-9-22(31)26-20(15-30)27(18(4)8-7-12-32-26)33-23-14-21(28)24-17(3)11-10-16(2)13-19(24)25(23)29/h5-7,9,12-14,17-18,22H,1,8,10-11,31H2,2-4H3/b9-6-,12-7+,27-20?,32-26?. The molecule has 2 aliphatic rings. The molecule has 1 heterocycles. The Bertz CT molecular complexity index is 1140. The minimum absolute atomic E-state index is 0.114. The summed E-state index contributed by atoms with van der Waals surface area (Å²) in [7, 11) is 0. The summed E-state index contributed by atoms with van der Waals surface area (Å²) >= 11 is 0. The van der Waals surface area contributed by atoms with E-state index in [1.54, 1.807) is 30.5 Å². The van der Waals surface area contributed by atoms with Crippen LogP contribution in [-0.4, -0.2) is 11.8 Å². The molecule has 33 heavy (non-hydrogen) atoms. The van der Waals surface area contributed by atoms with Crippen molar-refractivity contribution in [2.45, 2.75) is 52.0 Å². The first-order valence-electron chi connectivity index (χ1n) is 11.1. The lowest BCUT2D eigenvalue weighted by Gasteiger charge is -2.23. The molecular formula is C27H29F2N3O. The summed E-state index contributed by atoms with van der Waals surface area (Å²) in [6.45, 7) is 9.29. The summed E-state index contributed by atoms with van der Waals surface area (Å²) in [4.78, 5) is 4.34. The van der Waals surface area contributed by atoms with E-state index in [1.807, 2.05) is 26.8 Å². The van der Waals surface area contributed by atoms with E-state index in [-0.39, 0.29) is 40.2 Å². The van der Waals surface area contributed by atoms with Crippen molar-refractivity contribution >= 4 is 11.8 Å². The maximum absolute atomic E-state index is 15.6. The molecule has 6 heteroatoms. The van der Waals surface area contributed by atoms with Gasteiger partial charge in [-0.05, 0) is 32.1 Å². The second-order valence-electron chi connectivity index (χ2n) is 8.56. The van der Waals surface area contributed by atoms with E-state index in [2.05, 4.69) is 17.6 Å². The smallest absolute Gasteiger partial charge is 0.173 e. The van der Waals surface area contributed by atoms with Crippen molar-refractivity contribution in [3.05, 3.63) is 82.8 Å². The number of nitriles is 1. The third kappa shape index (κ3) is 5.20. The highest BCUT2D eigenvalue weighted by Gasteiger charge is 2.28. The predicted octanol–water partition coefficient (Wildman–Crippen LogP) is 6.49. The zero-order valence-corrected chi connectivity index (χ0v) is 19.2. The van der Waals surface area contributed by atoms with Gasteiger partial charge in [-0.3, -0.25) is 4.99 Å². The minimum Gasteiger partial charge on any atom is -0.457 e. The second-order valence-corrected chi connectivity index (χ2v) is 8.56. The van der Waals surface area contributed by atoms with E-state index >= 15 is 8.78 Å². The number of allylic oxidation sites excluding steroid dienone is 5. The SMILES string of the molecule is C=C/C=C\C(N)C1=N/C=C/CC(C)C(Oc2cc(F)c3c(c2F)C=C(C)CCC3C)=C1C#N. The number of nitrogens with zero attached hydrogens (tertiary/aromatic N) is 2. The van der Waals surface area contributed by atoms with Crippen LogP contribution in [0.25, 0.3) is 6.08 Å². The van der Waals surface area contributed by atoms with Crippen LogP contribution in [0.15, 0.2) is 65.0 Å². The van der Waals surface area contributed by atoms with Gasteiger partial charge in [-0.1, -0.05) is 56.4 Å². The summed E-state index contributed by atoms with van der Waals surface area (Å²) in [5.74, 6) is -1.60. The highest BCUT2D eigenvalue weighted by Crippen LogP contribution is 2.39. The summed E-state index contributed by atoms with van der Waals surface area (Å²) < 4.78 is 36.8. The Kier molecular flexibility index (Phi) is 7.78. The number of nitrogens with two attached hydrogens (primary N) is 1. The molecule has 0 fully saturated rings. The number of halogens is 2. The van der Waals surface area contributed by atoms with Crippen LogP contribution in [0.1, 0.15) is 57.1 Å². The van der Waals surface area contributed by atoms with Gasteiger partial charge in [0.2, 0.25) is 0 Å². The average Bonchev–Trinajstić information content (AvgIpc) is 2.93. The number of hydrogen-bond donors (Lipinski definition) is 1. The molecule has 1 aromatic carbocycles. The number of hydrogen-bond acceptors (Lipinski definition) is 4. The maximum atomic E-state index is 15.6. The number of ether oxygens (including phenoxy) is 1. The Balaban J connectivity index is 2.16. The van der Waals surface area contributed by atoms with Gasteiger partial charge in [0.1, 0.15) is 23.2 Å². The van der Waals surface area contributed by atoms with Gasteiger partial charge < -0.3 is 10.5 Å². The van der Waals surface area contributed by atoms with E-state index in [0.717, 1.165) is 24.5 Å². The number of fused-ring (bicyclic) bond motifs is 1. The van der Waals surface area contributed by atoms with Crippen molar-refractivity contribution in [3.63, 3.8) is 0 Å². The molecule has 3 atom stereocenters. The largest absolute Gasteiger partial charge is 0.457 e. The molecule has 4 nitrogen and oxygen atoms in total. The lowest BCUT2D eigenvalue weighted by Crippen LogP contribution is -2.31. The van der Waals surface area contributed by atoms with Crippen LogP contribution >= 0.6 is 0 Å². The Hall–Kier alpha value is -3.30. The van der Waals surface area contributed by atoms with Crippen LogP contribution in [-0.2, 0) is 0 Å². The van der Waals surface area contributed by atoms with Crippen molar-refractivity contribution in [3.8, 4) is 11.8 Å². The number of rotatable bonds is 5. The van der Waals surface area contributed by atoms with Crippen molar-refractivity contribution in [1.82, 2.24) is 0 Å². The molecule has 0 amide bonds. The molecule has 1 aliphatic heterocycles. The first-order chi connectivity index (χ1) is 15.8. The Morgan fingerprint density at radius 2 is 2.09 bits per heavy atom. The molecule has 172 valence electrons. The molecule has 0 saturated carbocycles. The lowest BCUT2D eigenvalue weighted by atomic mass is 9.92. The molecule has 1 aliphatic carbocycles. The fourth-order valence-corrected chi connectivity index (χ4v) is 4.13. The Morgan fingerprint density at radius 3 is 2.79 bits per heavy atom. The second kappa shape index (κ2) is 10.5. The van der Waals surface area contributed by atoms with E-state index in [1.165, 1.54) is 0 Å². The lowest BCUT2D eigenvalue weighted by molar-refractivity contribution is 0.335. The summed E-state index contributed by atoms with van der Waals surface area (Å²) in [5.41, 5.74) is 8.18. The first kappa shape index (κ1) is 24.3. The Labute approximate surface area is 194 Å².